The fourth-order valence-corrected chi connectivity index (χ4v) is 1.91. The van der Waals surface area contributed by atoms with Crippen LogP contribution < -0.4 is 0 Å². The van der Waals surface area contributed by atoms with Crippen molar-refractivity contribution in [2.45, 2.75) is 0 Å². The van der Waals surface area contributed by atoms with Crippen LogP contribution in [0.1, 0.15) is 21.5 Å². The zero-order valence-electron chi connectivity index (χ0n) is 9.49. The summed E-state index contributed by atoms with van der Waals surface area (Å²) < 4.78 is 13.5. The fraction of sp³-hybridized carbons (Fsp3) is 0. The highest BCUT2D eigenvalue weighted by atomic mass is 19.1. The van der Waals surface area contributed by atoms with E-state index in [-0.39, 0.29) is 33.4 Å². The highest BCUT2D eigenvalue weighted by Gasteiger charge is 2.32. The first-order valence-corrected chi connectivity index (χ1v) is 5.07. The maximum Gasteiger partial charge on any atom is 0.193 e. The Hall–Kier alpha value is -3.23. The first-order valence-electron chi connectivity index (χ1n) is 5.07. The van der Waals surface area contributed by atoms with Gasteiger partial charge in [-0.15, -0.1) is 0 Å². The van der Waals surface area contributed by atoms with Gasteiger partial charge in [-0.1, -0.05) is 6.58 Å². The average Bonchev–Trinajstić information content (AvgIpc) is 2.64. The summed E-state index contributed by atoms with van der Waals surface area (Å²) in [7, 11) is 0. The molecule has 19 heavy (non-hydrogen) atoms. The number of hydrogen-bond donors (Lipinski definition) is 0. The largest absolute Gasteiger partial charge is 0.289 e. The second-order valence-electron chi connectivity index (χ2n) is 3.77. The SMILES string of the molecule is C=C1C(=O)c2cc(F)c(C#N)cc2C1=C(C#N)C#N. The molecule has 0 aromatic heterocycles. The molecule has 1 aliphatic carbocycles. The van der Waals surface area contributed by atoms with Crippen LogP contribution in [0.4, 0.5) is 4.39 Å². The zero-order valence-corrected chi connectivity index (χ0v) is 9.49. The summed E-state index contributed by atoms with van der Waals surface area (Å²) in [5.41, 5.74) is -0.295. The lowest BCUT2D eigenvalue weighted by atomic mass is 9.99. The lowest BCUT2D eigenvalue weighted by Crippen LogP contribution is -1.95. The summed E-state index contributed by atoms with van der Waals surface area (Å²) in [6.45, 7) is 3.52. The van der Waals surface area contributed by atoms with Crippen molar-refractivity contribution in [2.24, 2.45) is 0 Å². The van der Waals surface area contributed by atoms with E-state index in [4.69, 9.17) is 15.8 Å². The van der Waals surface area contributed by atoms with Crippen LogP contribution in [0.15, 0.2) is 29.9 Å². The lowest BCUT2D eigenvalue weighted by molar-refractivity contribution is 0.104. The molecule has 1 aliphatic rings. The van der Waals surface area contributed by atoms with Crippen molar-refractivity contribution in [1.29, 1.82) is 15.8 Å². The van der Waals surface area contributed by atoms with E-state index in [2.05, 4.69) is 6.58 Å². The Balaban J connectivity index is 2.90. The van der Waals surface area contributed by atoms with Gasteiger partial charge >= 0.3 is 0 Å². The predicted molar refractivity (Wildman–Crippen MR) is 62.7 cm³/mol. The molecule has 0 heterocycles. The molecule has 1 aromatic carbocycles. The third-order valence-corrected chi connectivity index (χ3v) is 2.79. The predicted octanol–water partition coefficient (Wildman–Crippen LogP) is 2.25. The van der Waals surface area contributed by atoms with Crippen LogP contribution in [0.3, 0.4) is 0 Å². The van der Waals surface area contributed by atoms with Gasteiger partial charge in [-0.3, -0.25) is 4.79 Å². The molecule has 0 bridgehead atoms. The van der Waals surface area contributed by atoms with E-state index >= 15 is 0 Å². The van der Waals surface area contributed by atoms with Crippen molar-refractivity contribution in [3.05, 3.63) is 52.4 Å². The van der Waals surface area contributed by atoms with Gasteiger partial charge in [-0.25, -0.2) is 4.39 Å². The number of allylic oxidation sites excluding steroid dienone is 3. The minimum Gasteiger partial charge on any atom is -0.289 e. The van der Waals surface area contributed by atoms with Crippen LogP contribution in [-0.4, -0.2) is 5.78 Å². The molecule has 0 fully saturated rings. The molecule has 5 heteroatoms. The molecule has 4 nitrogen and oxygen atoms in total. The summed E-state index contributed by atoms with van der Waals surface area (Å²) >= 11 is 0. The van der Waals surface area contributed by atoms with E-state index < -0.39 is 11.6 Å². The number of ketones is 1. The Morgan fingerprint density at radius 1 is 1.16 bits per heavy atom. The number of rotatable bonds is 0. The molecule has 2 rings (SSSR count). The van der Waals surface area contributed by atoms with Crippen molar-refractivity contribution in [2.75, 3.05) is 0 Å². The van der Waals surface area contributed by atoms with Crippen molar-refractivity contribution in [1.82, 2.24) is 0 Å². The summed E-state index contributed by atoms with van der Waals surface area (Å²) in [4.78, 5) is 11.9. The summed E-state index contributed by atoms with van der Waals surface area (Å²) in [6, 6.07) is 7.07. The van der Waals surface area contributed by atoms with Crippen LogP contribution in [0.5, 0.6) is 0 Å². The van der Waals surface area contributed by atoms with E-state index in [1.165, 1.54) is 0 Å². The number of Topliss-reactive ketones (excluding diaryl/α,β-unsaturated/α-hetero) is 1. The molecule has 0 N–H and O–H groups in total. The number of carbonyl (C=O) groups excluding carboxylic acids is 1. The molecule has 0 amide bonds. The normalized spacial score (nSPS) is 12.4. The second kappa shape index (κ2) is 4.22. The molecule has 0 aliphatic heterocycles. The van der Waals surface area contributed by atoms with Crippen LogP contribution in [0, 0.1) is 39.8 Å². The number of carbonyl (C=O) groups is 1. The van der Waals surface area contributed by atoms with Crippen LogP contribution in [0.25, 0.3) is 5.57 Å². The number of hydrogen-bond acceptors (Lipinski definition) is 4. The van der Waals surface area contributed by atoms with Gasteiger partial charge < -0.3 is 0 Å². The summed E-state index contributed by atoms with van der Waals surface area (Å²) in [6.07, 6.45) is 0. The fourth-order valence-electron chi connectivity index (χ4n) is 1.91. The van der Waals surface area contributed by atoms with Gasteiger partial charge in [0.1, 0.15) is 29.6 Å². The van der Waals surface area contributed by atoms with E-state index in [9.17, 15) is 9.18 Å². The first kappa shape index (κ1) is 12.2. The maximum atomic E-state index is 13.5. The standard InChI is InChI=1S/C14H4FN3O/c1-7-13(9(5-17)6-18)10-2-8(4-16)12(15)3-11(10)14(7)19/h2-3H,1H2. The molecule has 0 radical (unpaired) electrons. The topological polar surface area (TPSA) is 88.4 Å². The first-order chi connectivity index (χ1) is 9.04. The zero-order chi connectivity index (χ0) is 14.2. The van der Waals surface area contributed by atoms with E-state index in [1.807, 2.05) is 0 Å². The Kier molecular flexibility index (Phi) is 2.72. The van der Waals surface area contributed by atoms with Crippen molar-refractivity contribution >= 4 is 11.4 Å². The Labute approximate surface area is 107 Å². The van der Waals surface area contributed by atoms with Crippen molar-refractivity contribution in [3.8, 4) is 18.2 Å². The molecule has 0 unspecified atom stereocenters. The van der Waals surface area contributed by atoms with Crippen molar-refractivity contribution in [3.63, 3.8) is 0 Å². The van der Waals surface area contributed by atoms with Crippen LogP contribution in [0.2, 0.25) is 0 Å². The summed E-state index contributed by atoms with van der Waals surface area (Å²) in [5, 5.41) is 26.5. The maximum absolute atomic E-state index is 13.5. The lowest BCUT2D eigenvalue weighted by Gasteiger charge is -2.01. The molecule has 88 valence electrons. The van der Waals surface area contributed by atoms with Gasteiger partial charge in [0.2, 0.25) is 0 Å². The van der Waals surface area contributed by atoms with E-state index in [0.29, 0.717) is 0 Å². The van der Waals surface area contributed by atoms with Crippen LogP contribution in [-0.2, 0) is 0 Å². The second-order valence-corrected chi connectivity index (χ2v) is 3.77. The minimum atomic E-state index is -0.820. The number of nitriles is 3. The molecule has 0 atom stereocenters. The molecular weight excluding hydrogens is 245 g/mol. The van der Waals surface area contributed by atoms with Gasteiger partial charge in [0, 0.05) is 16.7 Å². The molecule has 0 saturated carbocycles. The van der Waals surface area contributed by atoms with Crippen LogP contribution >= 0.6 is 0 Å². The number of halogens is 1. The van der Waals surface area contributed by atoms with Gasteiger partial charge in [0.05, 0.1) is 5.56 Å². The monoisotopic (exact) mass is 249 g/mol. The Morgan fingerprint density at radius 2 is 1.79 bits per heavy atom. The number of nitrogens with zero attached hydrogens (tertiary/aromatic N) is 3. The number of benzene rings is 1. The molecular formula is C14H4FN3O. The van der Waals surface area contributed by atoms with Gasteiger partial charge in [-0.05, 0) is 17.7 Å². The summed E-state index contributed by atoms with van der Waals surface area (Å²) in [5.74, 6) is -1.37. The average molecular weight is 249 g/mol. The highest BCUT2D eigenvalue weighted by Crippen LogP contribution is 2.38. The van der Waals surface area contributed by atoms with Crippen molar-refractivity contribution < 1.29 is 9.18 Å². The molecule has 1 aromatic rings. The highest BCUT2D eigenvalue weighted by molar-refractivity contribution is 6.27. The van der Waals surface area contributed by atoms with E-state index in [0.717, 1.165) is 12.1 Å². The van der Waals surface area contributed by atoms with Gasteiger partial charge in [0.25, 0.3) is 0 Å². The Bertz CT molecular complexity index is 782. The van der Waals surface area contributed by atoms with Gasteiger partial charge in [-0.2, -0.15) is 15.8 Å². The van der Waals surface area contributed by atoms with Gasteiger partial charge in [0.15, 0.2) is 5.78 Å². The smallest absolute Gasteiger partial charge is 0.193 e. The minimum absolute atomic E-state index is 0.0134. The molecule has 0 spiro atoms. The molecule has 0 saturated heterocycles. The third-order valence-electron chi connectivity index (χ3n) is 2.79. The quantitative estimate of drug-likeness (QED) is 0.521. The Morgan fingerprint density at radius 3 is 2.32 bits per heavy atom. The third kappa shape index (κ3) is 1.60. The van der Waals surface area contributed by atoms with E-state index in [1.54, 1.807) is 18.2 Å². The number of fused-ring (bicyclic) bond motifs is 1.